The number of halogens is 1. The van der Waals surface area contributed by atoms with E-state index in [4.69, 9.17) is 11.6 Å². The summed E-state index contributed by atoms with van der Waals surface area (Å²) in [6, 6.07) is 6.68. The molecule has 1 saturated heterocycles. The largest absolute Gasteiger partial charge is 0.301 e. The third-order valence-electron chi connectivity index (χ3n) is 5.48. The van der Waals surface area contributed by atoms with E-state index in [1.54, 1.807) is 24.3 Å². The van der Waals surface area contributed by atoms with Crippen LogP contribution >= 0.6 is 11.6 Å². The second-order valence-corrected chi connectivity index (χ2v) is 9.15. The standard InChI is InChI=1S/C18H28ClN3O2S/c1-2-21-11-13-22(14-12-21)18-6-4-3-5-17(18)20-25(23,24)16-9-7-15(19)8-10-16/h7-10,17-18,20H,2-6,11-14H2,1H3/t17-,18-/m1/s1. The van der Waals surface area contributed by atoms with Gasteiger partial charge in [-0.1, -0.05) is 31.4 Å². The molecular weight excluding hydrogens is 358 g/mol. The van der Waals surface area contributed by atoms with Gasteiger partial charge in [0, 0.05) is 43.3 Å². The summed E-state index contributed by atoms with van der Waals surface area (Å²) in [7, 11) is -3.51. The molecule has 1 saturated carbocycles. The molecule has 1 aliphatic heterocycles. The van der Waals surface area contributed by atoms with Crippen molar-refractivity contribution in [3.63, 3.8) is 0 Å². The molecular formula is C18H28ClN3O2S. The minimum atomic E-state index is -3.51. The third kappa shape index (κ3) is 4.74. The number of rotatable bonds is 5. The molecule has 0 aromatic heterocycles. The molecule has 0 radical (unpaired) electrons. The predicted molar refractivity (Wildman–Crippen MR) is 102 cm³/mol. The summed E-state index contributed by atoms with van der Waals surface area (Å²) in [6.45, 7) is 7.48. The van der Waals surface area contributed by atoms with E-state index in [0.29, 0.717) is 11.1 Å². The molecule has 1 N–H and O–H groups in total. The van der Waals surface area contributed by atoms with Gasteiger partial charge in [-0.05, 0) is 43.7 Å². The van der Waals surface area contributed by atoms with E-state index in [0.717, 1.165) is 52.0 Å². The van der Waals surface area contributed by atoms with Crippen LogP contribution in [0.15, 0.2) is 29.2 Å². The molecule has 25 heavy (non-hydrogen) atoms. The molecule has 140 valence electrons. The zero-order valence-corrected chi connectivity index (χ0v) is 16.4. The van der Waals surface area contributed by atoms with E-state index in [2.05, 4.69) is 21.4 Å². The first-order valence-electron chi connectivity index (χ1n) is 9.24. The lowest BCUT2D eigenvalue weighted by Gasteiger charge is -2.44. The maximum absolute atomic E-state index is 12.8. The summed E-state index contributed by atoms with van der Waals surface area (Å²) in [5.41, 5.74) is 0. The van der Waals surface area contributed by atoms with Crippen molar-refractivity contribution in [2.45, 2.75) is 49.6 Å². The van der Waals surface area contributed by atoms with Gasteiger partial charge in [-0.2, -0.15) is 0 Å². The summed E-state index contributed by atoms with van der Waals surface area (Å²) in [5.74, 6) is 0. The van der Waals surface area contributed by atoms with Crippen molar-refractivity contribution in [2.75, 3.05) is 32.7 Å². The number of hydrogen-bond acceptors (Lipinski definition) is 4. The zero-order chi connectivity index (χ0) is 17.9. The summed E-state index contributed by atoms with van der Waals surface area (Å²) < 4.78 is 28.5. The minimum absolute atomic E-state index is 0.0115. The Hall–Kier alpha value is -0.660. The predicted octanol–water partition coefficient (Wildman–Crippen LogP) is 2.57. The molecule has 1 aromatic carbocycles. The molecule has 5 nitrogen and oxygen atoms in total. The van der Waals surface area contributed by atoms with Crippen LogP contribution in [0, 0.1) is 0 Å². The van der Waals surface area contributed by atoms with Gasteiger partial charge >= 0.3 is 0 Å². The normalized spacial score (nSPS) is 26.6. The fourth-order valence-corrected chi connectivity index (χ4v) is 5.41. The van der Waals surface area contributed by atoms with Crippen LogP contribution in [-0.2, 0) is 10.0 Å². The summed E-state index contributed by atoms with van der Waals surface area (Å²) in [5, 5.41) is 0.545. The van der Waals surface area contributed by atoms with Gasteiger partial charge in [0.05, 0.1) is 4.90 Å². The van der Waals surface area contributed by atoms with Crippen molar-refractivity contribution in [1.82, 2.24) is 14.5 Å². The van der Waals surface area contributed by atoms with Gasteiger partial charge < -0.3 is 4.90 Å². The maximum Gasteiger partial charge on any atom is 0.240 e. The van der Waals surface area contributed by atoms with Gasteiger partial charge in [0.2, 0.25) is 10.0 Å². The molecule has 7 heteroatoms. The van der Waals surface area contributed by atoms with Gasteiger partial charge in [-0.15, -0.1) is 0 Å². The number of hydrogen-bond donors (Lipinski definition) is 1. The molecule has 3 rings (SSSR count). The number of nitrogens with one attached hydrogen (secondary N) is 1. The molecule has 1 aromatic rings. The number of benzene rings is 1. The number of piperazine rings is 1. The number of nitrogens with zero attached hydrogens (tertiary/aromatic N) is 2. The highest BCUT2D eigenvalue weighted by Crippen LogP contribution is 2.26. The first-order valence-corrected chi connectivity index (χ1v) is 11.1. The molecule has 2 atom stereocenters. The van der Waals surface area contributed by atoms with E-state index >= 15 is 0 Å². The SMILES string of the molecule is CCN1CCN([C@@H]2CCCC[C@H]2NS(=O)(=O)c2ccc(Cl)cc2)CC1. The van der Waals surface area contributed by atoms with Crippen LogP contribution in [-0.4, -0.2) is 63.0 Å². The third-order valence-corrected chi connectivity index (χ3v) is 7.24. The molecule has 0 bridgehead atoms. The van der Waals surface area contributed by atoms with E-state index in [1.165, 1.54) is 6.42 Å². The smallest absolute Gasteiger partial charge is 0.240 e. The summed E-state index contributed by atoms with van der Waals surface area (Å²) in [4.78, 5) is 5.23. The van der Waals surface area contributed by atoms with Crippen LogP contribution in [0.5, 0.6) is 0 Å². The lowest BCUT2D eigenvalue weighted by Crippen LogP contribution is -2.58. The first kappa shape index (κ1) is 19.1. The molecule has 2 fully saturated rings. The second kappa shape index (κ2) is 8.35. The van der Waals surface area contributed by atoms with Crippen LogP contribution in [0.2, 0.25) is 5.02 Å². The van der Waals surface area contributed by atoms with Crippen LogP contribution in [0.1, 0.15) is 32.6 Å². The van der Waals surface area contributed by atoms with Crippen molar-refractivity contribution < 1.29 is 8.42 Å². The highest BCUT2D eigenvalue weighted by molar-refractivity contribution is 7.89. The van der Waals surface area contributed by atoms with Crippen molar-refractivity contribution in [3.8, 4) is 0 Å². The van der Waals surface area contributed by atoms with Gasteiger partial charge in [0.1, 0.15) is 0 Å². The fourth-order valence-electron chi connectivity index (χ4n) is 3.98. The topological polar surface area (TPSA) is 52.6 Å². The molecule has 0 amide bonds. The zero-order valence-electron chi connectivity index (χ0n) is 14.8. The van der Waals surface area contributed by atoms with E-state index in [9.17, 15) is 8.42 Å². The minimum Gasteiger partial charge on any atom is -0.301 e. The van der Waals surface area contributed by atoms with Crippen molar-refractivity contribution >= 4 is 21.6 Å². The Morgan fingerprint density at radius 3 is 2.36 bits per heavy atom. The molecule has 0 spiro atoms. The van der Waals surface area contributed by atoms with Gasteiger partial charge in [-0.25, -0.2) is 13.1 Å². The Labute approximate surface area is 156 Å². The highest BCUT2D eigenvalue weighted by Gasteiger charge is 2.34. The monoisotopic (exact) mass is 385 g/mol. The van der Waals surface area contributed by atoms with Crippen molar-refractivity contribution in [1.29, 1.82) is 0 Å². The lowest BCUT2D eigenvalue weighted by molar-refractivity contribution is 0.0685. The van der Waals surface area contributed by atoms with Crippen LogP contribution in [0.4, 0.5) is 0 Å². The Kier molecular flexibility index (Phi) is 6.39. The van der Waals surface area contributed by atoms with Gasteiger partial charge in [0.25, 0.3) is 0 Å². The van der Waals surface area contributed by atoms with E-state index in [1.807, 2.05) is 0 Å². The Balaban J connectivity index is 1.69. The number of likely N-dealkylation sites (N-methyl/N-ethyl adjacent to an activating group) is 1. The average Bonchev–Trinajstić information content (AvgIpc) is 2.62. The summed E-state index contributed by atoms with van der Waals surface area (Å²) in [6.07, 6.45) is 4.24. The van der Waals surface area contributed by atoms with Crippen molar-refractivity contribution in [2.24, 2.45) is 0 Å². The molecule has 2 aliphatic rings. The van der Waals surface area contributed by atoms with Crippen LogP contribution in [0.25, 0.3) is 0 Å². The molecule has 0 unspecified atom stereocenters. The van der Waals surface area contributed by atoms with Gasteiger partial charge in [0.15, 0.2) is 0 Å². The van der Waals surface area contributed by atoms with Crippen LogP contribution < -0.4 is 4.72 Å². The molecule has 1 heterocycles. The Morgan fingerprint density at radius 2 is 1.72 bits per heavy atom. The first-order chi connectivity index (χ1) is 12.0. The highest BCUT2D eigenvalue weighted by atomic mass is 35.5. The maximum atomic E-state index is 12.8. The van der Waals surface area contributed by atoms with Crippen molar-refractivity contribution in [3.05, 3.63) is 29.3 Å². The van der Waals surface area contributed by atoms with Gasteiger partial charge in [-0.3, -0.25) is 4.90 Å². The van der Waals surface area contributed by atoms with Crippen LogP contribution in [0.3, 0.4) is 0 Å². The second-order valence-electron chi connectivity index (χ2n) is 7.00. The Morgan fingerprint density at radius 1 is 1.08 bits per heavy atom. The number of sulfonamides is 1. The van der Waals surface area contributed by atoms with E-state index < -0.39 is 10.0 Å². The summed E-state index contributed by atoms with van der Waals surface area (Å²) >= 11 is 5.88. The quantitative estimate of drug-likeness (QED) is 0.846. The fraction of sp³-hybridized carbons (Fsp3) is 0.667. The lowest BCUT2D eigenvalue weighted by atomic mass is 9.89. The Bertz CT molecular complexity index is 657. The molecule has 1 aliphatic carbocycles. The van der Waals surface area contributed by atoms with E-state index in [-0.39, 0.29) is 10.9 Å². The average molecular weight is 386 g/mol.